The number of carbonyl (C=O) groups excluding carboxylic acids is 3. The molecule has 31 heavy (non-hydrogen) atoms. The van der Waals surface area contributed by atoms with Gasteiger partial charge in [-0.3, -0.25) is 24.2 Å². The number of rotatable bonds is 5. The number of fused-ring (bicyclic) bond motifs is 2. The fraction of sp³-hybridized carbons (Fsp3) is 0.478. The van der Waals surface area contributed by atoms with Gasteiger partial charge >= 0.3 is 0 Å². The number of anilines is 1. The van der Waals surface area contributed by atoms with Gasteiger partial charge in [-0.2, -0.15) is 0 Å². The topological polar surface area (TPSA) is 82.6 Å². The highest BCUT2D eigenvalue weighted by Crippen LogP contribution is 2.38. The van der Waals surface area contributed by atoms with Crippen molar-refractivity contribution in [3.63, 3.8) is 0 Å². The van der Waals surface area contributed by atoms with Crippen molar-refractivity contribution < 1.29 is 14.4 Å². The number of amides is 3. The van der Waals surface area contributed by atoms with Crippen LogP contribution in [0.4, 0.5) is 5.13 Å². The Morgan fingerprint density at radius 2 is 1.81 bits per heavy atom. The minimum atomic E-state index is -0.354. The van der Waals surface area contributed by atoms with Gasteiger partial charge in [0.1, 0.15) is 6.54 Å². The van der Waals surface area contributed by atoms with Crippen molar-refractivity contribution in [3.05, 3.63) is 46.5 Å². The third-order valence-corrected chi connectivity index (χ3v) is 7.54. The highest BCUT2D eigenvalue weighted by atomic mass is 32.1. The lowest BCUT2D eigenvalue weighted by Gasteiger charge is -2.25. The van der Waals surface area contributed by atoms with Crippen molar-refractivity contribution in [1.82, 2.24) is 14.8 Å². The van der Waals surface area contributed by atoms with Crippen LogP contribution in [0.5, 0.6) is 0 Å². The van der Waals surface area contributed by atoms with Gasteiger partial charge in [-0.05, 0) is 18.4 Å². The van der Waals surface area contributed by atoms with E-state index in [1.54, 1.807) is 0 Å². The molecule has 8 heteroatoms. The molecule has 3 heterocycles. The van der Waals surface area contributed by atoms with Crippen molar-refractivity contribution >= 4 is 34.2 Å². The molecule has 1 saturated heterocycles. The minimum absolute atomic E-state index is 0.181. The van der Waals surface area contributed by atoms with E-state index in [0.29, 0.717) is 5.13 Å². The van der Waals surface area contributed by atoms with Gasteiger partial charge in [0.15, 0.2) is 5.13 Å². The zero-order valence-electron chi connectivity index (χ0n) is 17.4. The van der Waals surface area contributed by atoms with Crippen LogP contribution in [-0.4, -0.2) is 45.6 Å². The molecule has 2 fully saturated rings. The Balaban J connectivity index is 1.19. The first-order valence-electron chi connectivity index (χ1n) is 11.0. The molecule has 5 rings (SSSR count). The number of hydrogen-bond donors (Lipinski definition) is 1. The van der Waals surface area contributed by atoms with Gasteiger partial charge in [0.05, 0.1) is 17.5 Å². The highest BCUT2D eigenvalue weighted by molar-refractivity contribution is 7.15. The minimum Gasteiger partial charge on any atom is -0.300 e. The number of nitrogens with one attached hydrogen (secondary N) is 1. The Morgan fingerprint density at radius 1 is 1.10 bits per heavy atom. The number of carbonyl (C=O) groups is 3. The van der Waals surface area contributed by atoms with Crippen LogP contribution in [0.1, 0.15) is 41.8 Å². The lowest BCUT2D eigenvalue weighted by Crippen LogP contribution is -2.38. The Hall–Kier alpha value is -2.58. The monoisotopic (exact) mass is 438 g/mol. The van der Waals surface area contributed by atoms with Gasteiger partial charge in [-0.25, -0.2) is 4.98 Å². The van der Waals surface area contributed by atoms with Gasteiger partial charge in [-0.15, -0.1) is 11.3 Å². The molecule has 2 aliphatic heterocycles. The maximum atomic E-state index is 12.6. The van der Waals surface area contributed by atoms with Gasteiger partial charge in [-0.1, -0.05) is 43.2 Å². The molecule has 3 aliphatic rings. The number of hydrogen-bond acceptors (Lipinski definition) is 6. The number of likely N-dealkylation sites (tertiary alicyclic amines) is 1. The molecule has 3 amide bonds. The zero-order chi connectivity index (χ0) is 21.4. The lowest BCUT2D eigenvalue weighted by molar-refractivity contribution is -0.142. The van der Waals surface area contributed by atoms with Crippen molar-refractivity contribution in [2.75, 3.05) is 18.4 Å². The van der Waals surface area contributed by atoms with Crippen LogP contribution >= 0.6 is 11.3 Å². The first kappa shape index (κ1) is 20.3. The van der Waals surface area contributed by atoms with Gasteiger partial charge in [0.2, 0.25) is 17.7 Å². The van der Waals surface area contributed by atoms with Crippen LogP contribution in [0, 0.1) is 11.8 Å². The van der Waals surface area contributed by atoms with E-state index in [9.17, 15) is 14.4 Å². The van der Waals surface area contributed by atoms with Gasteiger partial charge in [0, 0.05) is 30.9 Å². The Labute approximate surface area is 185 Å². The van der Waals surface area contributed by atoms with Crippen molar-refractivity contribution in [2.24, 2.45) is 11.8 Å². The van der Waals surface area contributed by atoms with Gasteiger partial charge in [0.25, 0.3) is 0 Å². The maximum absolute atomic E-state index is 12.6. The van der Waals surface area contributed by atoms with Crippen LogP contribution in [0.15, 0.2) is 30.3 Å². The summed E-state index contributed by atoms with van der Waals surface area (Å²) in [7, 11) is 0. The molecule has 1 aromatic heterocycles. The second-order valence-electron chi connectivity index (χ2n) is 8.64. The van der Waals surface area contributed by atoms with Crippen LogP contribution in [-0.2, 0) is 33.9 Å². The summed E-state index contributed by atoms with van der Waals surface area (Å²) in [5, 5.41) is 3.37. The fourth-order valence-electron chi connectivity index (χ4n) is 4.97. The van der Waals surface area contributed by atoms with E-state index in [0.717, 1.165) is 67.2 Å². The van der Waals surface area contributed by atoms with Crippen LogP contribution in [0.3, 0.4) is 0 Å². The van der Waals surface area contributed by atoms with Crippen molar-refractivity contribution in [3.8, 4) is 0 Å². The second-order valence-corrected chi connectivity index (χ2v) is 9.73. The molecule has 2 unspecified atom stereocenters. The Morgan fingerprint density at radius 3 is 2.52 bits per heavy atom. The average molecular weight is 439 g/mol. The number of nitrogens with zero attached hydrogens (tertiary/aromatic N) is 3. The summed E-state index contributed by atoms with van der Waals surface area (Å²) in [6.45, 7) is 2.42. The highest BCUT2D eigenvalue weighted by Gasteiger charge is 2.48. The largest absolute Gasteiger partial charge is 0.300 e. The van der Waals surface area contributed by atoms with E-state index in [-0.39, 0.29) is 36.1 Å². The molecular formula is C23H26N4O3S. The molecule has 1 saturated carbocycles. The second kappa shape index (κ2) is 8.51. The first-order chi connectivity index (χ1) is 15.1. The molecule has 1 aliphatic carbocycles. The number of aromatic nitrogens is 1. The molecule has 7 nitrogen and oxygen atoms in total. The fourth-order valence-corrected chi connectivity index (χ4v) is 6.03. The number of thiazole rings is 1. The molecule has 0 bridgehead atoms. The number of benzene rings is 1. The summed E-state index contributed by atoms with van der Waals surface area (Å²) in [6.07, 6.45) is 4.32. The Bertz CT molecular complexity index is 982. The molecule has 1 N–H and O–H groups in total. The van der Waals surface area contributed by atoms with Crippen molar-refractivity contribution in [1.29, 1.82) is 0 Å². The lowest BCUT2D eigenvalue weighted by atomic mass is 9.81. The van der Waals surface area contributed by atoms with Gasteiger partial charge < -0.3 is 5.32 Å². The van der Waals surface area contributed by atoms with E-state index in [4.69, 9.17) is 0 Å². The maximum Gasteiger partial charge on any atom is 0.246 e. The van der Waals surface area contributed by atoms with E-state index >= 15 is 0 Å². The first-order valence-corrected chi connectivity index (χ1v) is 11.8. The van der Waals surface area contributed by atoms with E-state index < -0.39 is 0 Å². The summed E-state index contributed by atoms with van der Waals surface area (Å²) in [5.41, 5.74) is 2.31. The van der Waals surface area contributed by atoms with Crippen LogP contribution in [0.25, 0.3) is 0 Å². The molecular weight excluding hydrogens is 412 g/mol. The summed E-state index contributed by atoms with van der Waals surface area (Å²) in [5.74, 6) is -1.17. The molecule has 2 atom stereocenters. The summed E-state index contributed by atoms with van der Waals surface area (Å²) in [6, 6.07) is 10.4. The van der Waals surface area contributed by atoms with Crippen LogP contribution < -0.4 is 5.32 Å². The molecule has 2 aromatic rings. The quantitative estimate of drug-likeness (QED) is 0.726. The summed E-state index contributed by atoms with van der Waals surface area (Å²) in [4.78, 5) is 47.1. The molecule has 162 valence electrons. The number of imide groups is 1. The van der Waals surface area contributed by atoms with E-state index in [1.165, 1.54) is 16.9 Å². The van der Waals surface area contributed by atoms with Crippen molar-refractivity contribution in [2.45, 2.75) is 45.2 Å². The average Bonchev–Trinajstić information content (AvgIpc) is 3.28. The predicted octanol–water partition coefficient (Wildman–Crippen LogP) is 2.82. The standard InChI is InChI=1S/C23H26N4O3S/c28-20(14-27-21(29)16-8-4-5-9-17(16)22(27)30)25-23-24-18-10-11-26(13-19(18)31-23)12-15-6-2-1-3-7-15/h1-3,6-7,16-17H,4-5,8-14H2,(H,24,25,28). The molecule has 0 radical (unpaired) electrons. The zero-order valence-corrected chi connectivity index (χ0v) is 18.2. The van der Waals surface area contributed by atoms with E-state index in [2.05, 4.69) is 39.5 Å². The van der Waals surface area contributed by atoms with E-state index in [1.807, 2.05) is 6.07 Å². The Kier molecular flexibility index (Phi) is 5.58. The molecule has 0 spiro atoms. The smallest absolute Gasteiger partial charge is 0.246 e. The SMILES string of the molecule is O=C(CN1C(=O)C2CCCCC2C1=O)Nc1nc2c(s1)CN(Cc1ccccc1)CC2. The predicted molar refractivity (Wildman–Crippen MR) is 117 cm³/mol. The van der Waals surface area contributed by atoms with Crippen LogP contribution in [0.2, 0.25) is 0 Å². The summed E-state index contributed by atoms with van der Waals surface area (Å²) >= 11 is 1.48. The normalized spacial score (nSPS) is 23.5. The summed E-state index contributed by atoms with van der Waals surface area (Å²) < 4.78 is 0. The molecule has 1 aromatic carbocycles. The third kappa shape index (κ3) is 4.14. The third-order valence-electron chi connectivity index (χ3n) is 6.54.